The zero-order chi connectivity index (χ0) is 57.8. The van der Waals surface area contributed by atoms with Gasteiger partial charge >= 0.3 is 12.1 Å². The molecule has 5 atom stereocenters. The third kappa shape index (κ3) is 21.0. The summed E-state index contributed by atoms with van der Waals surface area (Å²) in [5, 5.41) is 24.2. The predicted octanol–water partition coefficient (Wildman–Crippen LogP) is 7.22. The van der Waals surface area contributed by atoms with Crippen LogP contribution >= 0.6 is 11.8 Å². The highest BCUT2D eigenvalue weighted by atomic mass is 32.2. The van der Waals surface area contributed by atoms with E-state index in [4.69, 9.17) is 14.3 Å². The van der Waals surface area contributed by atoms with Crippen LogP contribution in [0.3, 0.4) is 0 Å². The van der Waals surface area contributed by atoms with Crippen LogP contribution in [0.25, 0.3) is 0 Å². The molecule has 0 aromatic heterocycles. The minimum atomic E-state index is -1.33. The van der Waals surface area contributed by atoms with Crippen molar-refractivity contribution in [1.29, 1.82) is 0 Å². The zero-order valence-corrected chi connectivity index (χ0v) is 48.3. The Labute approximate surface area is 458 Å². The summed E-state index contributed by atoms with van der Waals surface area (Å²) in [6.07, 6.45) is 1.69. The van der Waals surface area contributed by atoms with Crippen molar-refractivity contribution < 1.29 is 56.7 Å². The molecular weight excluding hydrogens is 1020 g/mol. The molecule has 3 rings (SSSR count). The fraction of sp³-hybridized carbons (Fsp3) is 0.636. The molecule has 19 nitrogen and oxygen atoms in total. The van der Waals surface area contributed by atoms with E-state index in [1.54, 1.807) is 51.1 Å². The van der Waals surface area contributed by atoms with Crippen LogP contribution in [0.15, 0.2) is 53.6 Å². The maximum Gasteiger partial charge on any atom is 0.407 e. The van der Waals surface area contributed by atoms with E-state index in [1.165, 1.54) is 19.2 Å². The number of carbonyl (C=O) groups is 7. The summed E-state index contributed by atoms with van der Waals surface area (Å²) in [5.41, 5.74) is -2.59. The highest BCUT2D eigenvalue weighted by Crippen LogP contribution is 2.51. The summed E-state index contributed by atoms with van der Waals surface area (Å²) in [5.74, 6) is -3.03. The van der Waals surface area contributed by atoms with Gasteiger partial charge in [0.1, 0.15) is 34.2 Å². The smallest absolute Gasteiger partial charge is 0.407 e. The van der Waals surface area contributed by atoms with Gasteiger partial charge < -0.3 is 30.7 Å². The molecule has 0 fully saturated rings. The van der Waals surface area contributed by atoms with Gasteiger partial charge in [-0.15, -0.1) is 0 Å². The van der Waals surface area contributed by atoms with E-state index in [0.29, 0.717) is 37.7 Å². The van der Waals surface area contributed by atoms with Gasteiger partial charge in [0.15, 0.2) is 11.6 Å². The molecule has 0 radical (unpaired) electrons. The molecule has 1 heterocycles. The first-order chi connectivity index (χ1) is 36.0. The van der Waals surface area contributed by atoms with Crippen molar-refractivity contribution in [2.24, 2.45) is 10.5 Å². The van der Waals surface area contributed by atoms with Crippen LogP contribution in [0, 0.1) is 17.0 Å². The second kappa shape index (κ2) is 30.0. The summed E-state index contributed by atoms with van der Waals surface area (Å²) >= 11 is 1.07. The molecule has 0 saturated heterocycles. The number of hydrogen-bond donors (Lipinski definition) is 6. The maximum atomic E-state index is 15.1. The molecule has 2 aromatic rings. The standard InChI is InChI=1S/C55H85F2N9O10S/c1-14-26-53(10,43(67)24-30-59-46(70)33-51(4,5)6)61-34-44(68)54(11,27-15-2)63-42(47(71)62-37(3)35-76-52(7,8)9)36-75-49(72)60-31-25-45(69)58-29-19-28-55(38-20-17-16-18-21-38)66(50(73)65(12)74-13)64-48(77-55)40-32-39(56)22-23-41(40)57/h16-18,20-23,32,37,42,61,63H,14-15,19,24-31,33-36H2,1-13H3,(H,58,69)(H,59,70)(H,60,72)(H,62,71)/t37?,42?,53?,54?,55-/m0/s1. The number of hydrazone groups is 1. The Kier molecular flexibility index (Phi) is 25.6. The van der Waals surface area contributed by atoms with Gasteiger partial charge in [0.05, 0.1) is 36.9 Å². The van der Waals surface area contributed by atoms with Crippen LogP contribution in [0.5, 0.6) is 0 Å². The van der Waals surface area contributed by atoms with Crippen molar-refractivity contribution in [1.82, 2.24) is 42.0 Å². The van der Waals surface area contributed by atoms with Gasteiger partial charge in [-0.1, -0.05) is 89.6 Å². The number of Topliss-reactive ketones (excluding diaryl/α,β-unsaturated/α-hetero) is 2. The normalized spacial score (nSPS) is 17.0. The number of alkyl carbamates (subject to hydrolysis) is 1. The number of nitrogens with one attached hydrogen (secondary N) is 6. The third-order valence-corrected chi connectivity index (χ3v) is 14.1. The van der Waals surface area contributed by atoms with Crippen LogP contribution in [0.4, 0.5) is 18.4 Å². The van der Waals surface area contributed by atoms with E-state index in [2.05, 4.69) is 37.0 Å². The molecule has 0 spiro atoms. The van der Waals surface area contributed by atoms with Crippen molar-refractivity contribution in [3.05, 3.63) is 71.3 Å². The lowest BCUT2D eigenvalue weighted by atomic mass is 9.86. The Morgan fingerprint density at radius 1 is 0.805 bits per heavy atom. The molecule has 4 unspecified atom stereocenters. The lowest BCUT2D eigenvalue weighted by Gasteiger charge is -2.37. The van der Waals surface area contributed by atoms with Crippen molar-refractivity contribution in [3.63, 3.8) is 0 Å². The average molecular weight is 1100 g/mol. The molecule has 430 valence electrons. The fourth-order valence-electron chi connectivity index (χ4n) is 8.44. The fourth-order valence-corrected chi connectivity index (χ4v) is 9.85. The summed E-state index contributed by atoms with van der Waals surface area (Å²) < 4.78 is 40.9. The first-order valence-electron chi connectivity index (χ1n) is 26.4. The first kappa shape index (κ1) is 65.7. The number of ketones is 2. The summed E-state index contributed by atoms with van der Waals surface area (Å²) in [6.45, 7) is 20.1. The van der Waals surface area contributed by atoms with Gasteiger partial charge in [-0.05, 0) is 96.4 Å². The number of hydrogen-bond acceptors (Lipinski definition) is 14. The summed E-state index contributed by atoms with van der Waals surface area (Å²) in [6, 6.07) is 9.54. The first-order valence-corrected chi connectivity index (χ1v) is 27.2. The Hall–Kier alpha value is -5.55. The SMILES string of the molecule is CCCC(C)(NCC(=O)C(C)(CCC)NC(COC(=O)NCCC(=O)NCCC[C@@]1(c2ccccc2)SC(c2cc(F)ccc2F)=NN1C(=O)N(C)OC)C(=O)NC(C)COC(C)(C)C)C(=O)CCNC(=O)CC(C)(C)C. The van der Waals surface area contributed by atoms with Crippen LogP contribution in [0.2, 0.25) is 0 Å². The Morgan fingerprint density at radius 2 is 1.44 bits per heavy atom. The Balaban J connectivity index is 1.68. The number of rotatable bonds is 31. The van der Waals surface area contributed by atoms with Crippen LogP contribution in [-0.2, 0) is 43.2 Å². The largest absolute Gasteiger partial charge is 0.447 e. The van der Waals surface area contributed by atoms with Crippen molar-refractivity contribution in [2.75, 3.05) is 53.6 Å². The lowest BCUT2D eigenvalue weighted by Crippen LogP contribution is -2.63. The monoisotopic (exact) mass is 1100 g/mol. The van der Waals surface area contributed by atoms with Crippen molar-refractivity contribution >= 4 is 58.2 Å². The number of amides is 6. The van der Waals surface area contributed by atoms with Gasteiger partial charge in [0.25, 0.3) is 0 Å². The highest BCUT2D eigenvalue weighted by Gasteiger charge is 2.50. The third-order valence-electron chi connectivity index (χ3n) is 12.6. The topological polar surface area (TPSA) is 238 Å². The molecule has 6 N–H and O–H groups in total. The van der Waals surface area contributed by atoms with Gasteiger partial charge in [0, 0.05) is 57.5 Å². The van der Waals surface area contributed by atoms with E-state index in [0.717, 1.165) is 35.0 Å². The number of urea groups is 1. The van der Waals surface area contributed by atoms with Crippen LogP contribution < -0.4 is 31.9 Å². The van der Waals surface area contributed by atoms with Crippen LogP contribution in [-0.4, -0.2) is 139 Å². The number of nitrogens with zero attached hydrogens (tertiary/aromatic N) is 3. The average Bonchev–Trinajstić information content (AvgIpc) is 3.75. The van der Waals surface area contributed by atoms with Gasteiger partial charge in [-0.3, -0.25) is 39.4 Å². The number of benzene rings is 2. The molecule has 0 aliphatic carbocycles. The van der Waals surface area contributed by atoms with Gasteiger partial charge in [-0.25, -0.2) is 23.4 Å². The number of halogens is 2. The van der Waals surface area contributed by atoms with E-state index >= 15 is 4.39 Å². The minimum absolute atomic E-state index is 0.0665. The van der Waals surface area contributed by atoms with Crippen LogP contribution in [0.1, 0.15) is 145 Å². The van der Waals surface area contributed by atoms with E-state index in [1.807, 2.05) is 55.4 Å². The molecule has 1 aliphatic rings. The molecular formula is C55H85F2N9O10S. The number of hydroxylamine groups is 2. The lowest BCUT2D eigenvalue weighted by molar-refractivity contribution is -0.129. The quantitative estimate of drug-likeness (QED) is 0.0324. The Morgan fingerprint density at radius 3 is 2.06 bits per heavy atom. The molecule has 6 amide bonds. The second-order valence-corrected chi connectivity index (χ2v) is 23.3. The van der Waals surface area contributed by atoms with E-state index in [9.17, 15) is 38.0 Å². The molecule has 2 aromatic carbocycles. The number of ether oxygens (including phenoxy) is 2. The zero-order valence-electron chi connectivity index (χ0n) is 47.5. The van der Waals surface area contributed by atoms with Gasteiger partial charge in [0.2, 0.25) is 17.7 Å². The van der Waals surface area contributed by atoms with E-state index in [-0.39, 0.29) is 92.0 Å². The Bertz CT molecular complexity index is 2350. The summed E-state index contributed by atoms with van der Waals surface area (Å²) in [4.78, 5) is 98.2. The highest BCUT2D eigenvalue weighted by molar-refractivity contribution is 8.15. The molecule has 1 aliphatic heterocycles. The predicted molar refractivity (Wildman–Crippen MR) is 293 cm³/mol. The maximum absolute atomic E-state index is 15.1. The number of thioether (sulfide) groups is 1. The van der Waals surface area contributed by atoms with Crippen molar-refractivity contribution in [2.45, 2.75) is 168 Å². The molecule has 0 bridgehead atoms. The summed E-state index contributed by atoms with van der Waals surface area (Å²) in [7, 11) is 2.70. The molecule has 77 heavy (non-hydrogen) atoms. The van der Waals surface area contributed by atoms with Crippen molar-refractivity contribution in [3.8, 4) is 0 Å². The van der Waals surface area contributed by atoms with E-state index < -0.39 is 75.8 Å². The molecule has 0 saturated carbocycles. The second-order valence-electron chi connectivity index (χ2n) is 22.0. The van der Waals surface area contributed by atoms with Gasteiger partial charge in [-0.2, -0.15) is 10.1 Å². The molecule has 22 heteroatoms. The minimum Gasteiger partial charge on any atom is -0.447 e. The number of carbonyl (C=O) groups excluding carboxylic acids is 7.